The predicted molar refractivity (Wildman–Crippen MR) is 126 cm³/mol. The van der Waals surface area contributed by atoms with Crippen LogP contribution in [0.15, 0.2) is 51.9 Å². The highest BCUT2D eigenvalue weighted by atomic mass is 35.5. The van der Waals surface area contributed by atoms with Gasteiger partial charge in [0.15, 0.2) is 0 Å². The Labute approximate surface area is 203 Å². The number of carbonyl (C=O) groups is 1. The molecule has 1 aliphatic heterocycles. The highest BCUT2D eigenvalue weighted by molar-refractivity contribution is 7.20. The molecule has 0 spiro atoms. The number of halogens is 3. The Morgan fingerprint density at radius 1 is 1.09 bits per heavy atom. The molecule has 0 N–H and O–H groups in total. The zero-order chi connectivity index (χ0) is 22.7. The number of nitrogens with zero attached hydrogens (tertiary/aromatic N) is 2. The first kappa shape index (κ1) is 23.1. The molecule has 1 aromatic carbocycles. The van der Waals surface area contributed by atoms with Crippen LogP contribution in [0, 0.1) is 0 Å². The number of hydrogen-bond acceptors (Lipinski definition) is 6. The van der Waals surface area contributed by atoms with Crippen LogP contribution >= 0.6 is 46.1 Å². The van der Waals surface area contributed by atoms with Gasteiger partial charge in [-0.2, -0.15) is 0 Å². The fourth-order valence-corrected chi connectivity index (χ4v) is 5.02. The van der Waals surface area contributed by atoms with E-state index in [1.165, 1.54) is 23.7 Å². The lowest BCUT2D eigenvalue weighted by Crippen LogP contribution is -2.48. The van der Waals surface area contributed by atoms with Gasteiger partial charge in [-0.05, 0) is 12.1 Å². The van der Waals surface area contributed by atoms with Crippen LogP contribution < -0.4 is 10.2 Å². The molecule has 0 atom stereocenters. The number of benzene rings is 1. The molecule has 0 radical (unpaired) electrons. The summed E-state index contributed by atoms with van der Waals surface area (Å²) < 4.78 is 12.1. The summed E-state index contributed by atoms with van der Waals surface area (Å²) in [6.45, 7) is 3.04. The topological polar surface area (TPSA) is 63.0 Å². The summed E-state index contributed by atoms with van der Waals surface area (Å²) >= 11 is 19.4. The molecule has 3 aromatic rings. The minimum atomic E-state index is -0.254. The molecule has 0 bridgehead atoms. The molecule has 168 valence electrons. The van der Waals surface area contributed by atoms with Crippen LogP contribution in [-0.4, -0.2) is 41.9 Å². The van der Waals surface area contributed by atoms with Gasteiger partial charge in [0, 0.05) is 42.8 Å². The maximum Gasteiger partial charge on any atom is 0.256 e. The van der Waals surface area contributed by atoms with Gasteiger partial charge in [-0.15, -0.1) is 11.3 Å². The van der Waals surface area contributed by atoms with Crippen LogP contribution in [0.4, 0.5) is 0 Å². The summed E-state index contributed by atoms with van der Waals surface area (Å²) in [5.74, 6) is 0.548. The molecule has 10 heteroatoms. The van der Waals surface area contributed by atoms with E-state index in [-0.39, 0.29) is 23.7 Å². The molecule has 0 unspecified atom stereocenters. The second-order valence-electron chi connectivity index (χ2n) is 7.26. The summed E-state index contributed by atoms with van der Waals surface area (Å²) in [5.41, 5.74) is 0.973. The number of thiophene rings is 1. The fraction of sp³-hybridized carbons (Fsp3) is 0.273. The van der Waals surface area contributed by atoms with E-state index in [0.717, 1.165) is 5.56 Å². The number of ether oxygens (including phenoxy) is 1. The van der Waals surface area contributed by atoms with Gasteiger partial charge in [-0.3, -0.25) is 14.5 Å². The zero-order valence-corrected chi connectivity index (χ0v) is 19.9. The standard InChI is InChI=1S/C22H19Cl3N2O4S/c23-17-4-2-1-3-14(17)12-31-19-13-30-15(9-18(19)28)11-26-5-7-27(8-6-26)22(29)16-10-20(24)32-21(16)25/h1-4,9-10,13H,5-8,11-12H2. The lowest BCUT2D eigenvalue weighted by atomic mass is 10.2. The van der Waals surface area contributed by atoms with Gasteiger partial charge in [-0.1, -0.05) is 53.0 Å². The van der Waals surface area contributed by atoms with Gasteiger partial charge >= 0.3 is 0 Å². The van der Waals surface area contributed by atoms with Crippen LogP contribution in [0.1, 0.15) is 21.7 Å². The van der Waals surface area contributed by atoms with Crippen LogP contribution in [0.25, 0.3) is 0 Å². The molecule has 0 saturated carbocycles. The van der Waals surface area contributed by atoms with E-state index in [4.69, 9.17) is 44.0 Å². The second-order valence-corrected chi connectivity index (χ2v) is 9.95. The molecule has 1 aliphatic rings. The van der Waals surface area contributed by atoms with Gasteiger partial charge in [0.25, 0.3) is 5.91 Å². The predicted octanol–water partition coefficient (Wildman–Crippen LogP) is 5.20. The molecule has 3 heterocycles. The summed E-state index contributed by atoms with van der Waals surface area (Å²) in [5, 5.41) is 0.579. The quantitative estimate of drug-likeness (QED) is 0.453. The maximum absolute atomic E-state index is 12.7. The monoisotopic (exact) mass is 512 g/mol. The van der Waals surface area contributed by atoms with Gasteiger partial charge in [0.1, 0.15) is 23.0 Å². The Kier molecular flexibility index (Phi) is 7.43. The van der Waals surface area contributed by atoms with E-state index < -0.39 is 0 Å². The van der Waals surface area contributed by atoms with Gasteiger partial charge in [-0.25, -0.2) is 0 Å². The fourth-order valence-electron chi connectivity index (χ4n) is 3.38. The number of carbonyl (C=O) groups excluding carboxylic acids is 1. The maximum atomic E-state index is 12.7. The van der Waals surface area contributed by atoms with Crippen molar-refractivity contribution >= 4 is 52.0 Å². The van der Waals surface area contributed by atoms with E-state index in [9.17, 15) is 9.59 Å². The minimum Gasteiger partial charge on any atom is -0.482 e. The smallest absolute Gasteiger partial charge is 0.256 e. The summed E-state index contributed by atoms with van der Waals surface area (Å²) in [6.07, 6.45) is 1.33. The van der Waals surface area contributed by atoms with Crippen molar-refractivity contribution in [1.82, 2.24) is 9.80 Å². The van der Waals surface area contributed by atoms with Crippen molar-refractivity contribution in [1.29, 1.82) is 0 Å². The Morgan fingerprint density at radius 3 is 2.50 bits per heavy atom. The Hall–Kier alpha value is -2.03. The van der Waals surface area contributed by atoms with Crippen molar-refractivity contribution < 1.29 is 13.9 Å². The average molecular weight is 514 g/mol. The van der Waals surface area contributed by atoms with E-state index in [0.29, 0.717) is 57.7 Å². The Bertz CT molecular complexity index is 1170. The van der Waals surface area contributed by atoms with Crippen LogP contribution in [0.5, 0.6) is 5.75 Å². The Morgan fingerprint density at radius 2 is 1.84 bits per heavy atom. The molecule has 1 amide bonds. The average Bonchev–Trinajstić information content (AvgIpc) is 3.12. The summed E-state index contributed by atoms with van der Waals surface area (Å²) in [7, 11) is 0. The first-order valence-electron chi connectivity index (χ1n) is 9.85. The molecule has 1 saturated heterocycles. The lowest BCUT2D eigenvalue weighted by Gasteiger charge is -2.34. The molecule has 4 rings (SSSR count). The van der Waals surface area contributed by atoms with Crippen molar-refractivity contribution in [2.75, 3.05) is 26.2 Å². The minimum absolute atomic E-state index is 0.121. The zero-order valence-electron chi connectivity index (χ0n) is 16.9. The van der Waals surface area contributed by atoms with E-state index in [1.54, 1.807) is 17.0 Å². The van der Waals surface area contributed by atoms with Crippen LogP contribution in [0.2, 0.25) is 13.7 Å². The van der Waals surface area contributed by atoms with Gasteiger partial charge < -0.3 is 14.1 Å². The SMILES string of the molecule is O=C(c1cc(Cl)sc1Cl)N1CCN(Cc2cc(=O)c(OCc3ccccc3Cl)co2)CC1. The van der Waals surface area contributed by atoms with Crippen molar-refractivity contribution in [3.8, 4) is 5.75 Å². The molecule has 0 aliphatic carbocycles. The molecule has 1 fully saturated rings. The molecular formula is C22H19Cl3N2O4S. The van der Waals surface area contributed by atoms with Gasteiger partial charge in [0.05, 0.1) is 16.4 Å². The van der Waals surface area contributed by atoms with Crippen LogP contribution in [-0.2, 0) is 13.2 Å². The van der Waals surface area contributed by atoms with E-state index in [2.05, 4.69) is 4.90 Å². The molecular weight excluding hydrogens is 495 g/mol. The largest absolute Gasteiger partial charge is 0.482 e. The third-order valence-electron chi connectivity index (χ3n) is 5.12. The Balaban J connectivity index is 1.31. The first-order valence-corrected chi connectivity index (χ1v) is 11.8. The number of piperazine rings is 1. The van der Waals surface area contributed by atoms with Gasteiger partial charge in [0.2, 0.25) is 11.2 Å². The number of amides is 1. The van der Waals surface area contributed by atoms with Crippen molar-refractivity contribution in [3.05, 3.63) is 83.5 Å². The number of rotatable bonds is 6. The highest BCUT2D eigenvalue weighted by Crippen LogP contribution is 2.32. The highest BCUT2D eigenvalue weighted by Gasteiger charge is 2.25. The van der Waals surface area contributed by atoms with Crippen molar-refractivity contribution in [3.63, 3.8) is 0 Å². The first-order chi connectivity index (χ1) is 15.4. The summed E-state index contributed by atoms with van der Waals surface area (Å²) in [6, 6.07) is 10.3. The van der Waals surface area contributed by atoms with Crippen LogP contribution in [0.3, 0.4) is 0 Å². The summed E-state index contributed by atoms with van der Waals surface area (Å²) in [4.78, 5) is 28.9. The molecule has 32 heavy (non-hydrogen) atoms. The number of hydrogen-bond donors (Lipinski definition) is 0. The normalized spacial score (nSPS) is 14.5. The lowest BCUT2D eigenvalue weighted by molar-refractivity contribution is 0.0620. The van der Waals surface area contributed by atoms with Crippen molar-refractivity contribution in [2.24, 2.45) is 0 Å². The third-order valence-corrected chi connectivity index (χ3v) is 6.98. The molecule has 2 aromatic heterocycles. The van der Waals surface area contributed by atoms with E-state index >= 15 is 0 Å². The third kappa shape index (κ3) is 5.47. The van der Waals surface area contributed by atoms with E-state index in [1.807, 2.05) is 18.2 Å². The van der Waals surface area contributed by atoms with Crippen molar-refractivity contribution in [2.45, 2.75) is 13.2 Å². The molecule has 6 nitrogen and oxygen atoms in total. The second kappa shape index (κ2) is 10.3.